The highest BCUT2D eigenvalue weighted by Crippen LogP contribution is 2.23. The van der Waals surface area contributed by atoms with E-state index in [1.807, 2.05) is 12.1 Å². The van der Waals surface area contributed by atoms with Crippen molar-refractivity contribution in [2.45, 2.75) is 57.2 Å². The molecule has 2 nitrogen and oxygen atoms in total. The molecule has 0 aromatic heterocycles. The Morgan fingerprint density at radius 1 is 1.22 bits per heavy atom. The van der Waals surface area contributed by atoms with Crippen LogP contribution >= 0.6 is 0 Å². The Hall–Kier alpha value is -0.930. The molecule has 2 rings (SSSR count). The molecule has 0 radical (unpaired) electrons. The molecule has 1 saturated carbocycles. The summed E-state index contributed by atoms with van der Waals surface area (Å²) < 4.78 is 12.9. The van der Waals surface area contributed by atoms with Gasteiger partial charge in [-0.3, -0.25) is 0 Å². The monoisotopic (exact) mass is 251 g/mol. The van der Waals surface area contributed by atoms with E-state index in [1.165, 1.54) is 12.1 Å². The number of rotatable bonds is 4. The standard InChI is InChI=1S/C15H22FNO/c1-2-15(11-3-5-12(16)6-4-11)17-13-7-9-14(18)10-8-13/h3-6,13-15,17-18H,2,7-10H2,1H3. The van der Waals surface area contributed by atoms with Crippen LogP contribution in [0.4, 0.5) is 4.39 Å². The molecule has 1 aromatic carbocycles. The second kappa shape index (κ2) is 6.30. The van der Waals surface area contributed by atoms with E-state index < -0.39 is 0 Å². The molecule has 18 heavy (non-hydrogen) atoms. The van der Waals surface area contributed by atoms with Crippen molar-refractivity contribution in [2.75, 3.05) is 0 Å². The van der Waals surface area contributed by atoms with Crippen LogP contribution < -0.4 is 5.32 Å². The topological polar surface area (TPSA) is 32.3 Å². The van der Waals surface area contributed by atoms with Crippen LogP contribution in [0.5, 0.6) is 0 Å². The Morgan fingerprint density at radius 3 is 2.39 bits per heavy atom. The van der Waals surface area contributed by atoms with Crippen molar-refractivity contribution in [3.63, 3.8) is 0 Å². The van der Waals surface area contributed by atoms with Crippen LogP contribution in [-0.4, -0.2) is 17.3 Å². The quantitative estimate of drug-likeness (QED) is 0.861. The van der Waals surface area contributed by atoms with Crippen LogP contribution in [0.3, 0.4) is 0 Å². The molecule has 3 heteroatoms. The molecule has 1 atom stereocenters. The lowest BCUT2D eigenvalue weighted by Crippen LogP contribution is -2.36. The molecule has 100 valence electrons. The fourth-order valence-corrected chi connectivity index (χ4v) is 2.67. The third-order valence-electron chi connectivity index (χ3n) is 3.81. The van der Waals surface area contributed by atoms with Gasteiger partial charge in [0, 0.05) is 12.1 Å². The number of nitrogens with one attached hydrogen (secondary N) is 1. The highest BCUT2D eigenvalue weighted by molar-refractivity contribution is 5.20. The molecule has 1 aliphatic rings. The zero-order chi connectivity index (χ0) is 13.0. The first-order chi connectivity index (χ1) is 8.69. The van der Waals surface area contributed by atoms with E-state index in [-0.39, 0.29) is 18.0 Å². The minimum absolute atomic E-state index is 0.117. The second-order valence-corrected chi connectivity index (χ2v) is 5.18. The Bertz CT molecular complexity index is 357. The molecular formula is C15H22FNO. The van der Waals surface area contributed by atoms with Gasteiger partial charge in [0.1, 0.15) is 5.82 Å². The number of hydrogen-bond donors (Lipinski definition) is 2. The van der Waals surface area contributed by atoms with Gasteiger partial charge in [0.2, 0.25) is 0 Å². The molecular weight excluding hydrogens is 229 g/mol. The van der Waals surface area contributed by atoms with Crippen molar-refractivity contribution in [3.8, 4) is 0 Å². The maximum absolute atomic E-state index is 12.9. The maximum Gasteiger partial charge on any atom is 0.123 e. The normalized spacial score (nSPS) is 25.9. The van der Waals surface area contributed by atoms with Crippen molar-refractivity contribution in [2.24, 2.45) is 0 Å². The average molecular weight is 251 g/mol. The predicted molar refractivity (Wildman–Crippen MR) is 70.8 cm³/mol. The Labute approximate surface area is 108 Å². The molecule has 1 fully saturated rings. The van der Waals surface area contributed by atoms with Crippen molar-refractivity contribution < 1.29 is 9.50 Å². The fourth-order valence-electron chi connectivity index (χ4n) is 2.67. The molecule has 0 saturated heterocycles. The van der Waals surface area contributed by atoms with Crippen LogP contribution in [0.2, 0.25) is 0 Å². The van der Waals surface area contributed by atoms with Crippen LogP contribution in [0.25, 0.3) is 0 Å². The summed E-state index contributed by atoms with van der Waals surface area (Å²) in [6.45, 7) is 2.14. The zero-order valence-corrected chi connectivity index (χ0v) is 10.9. The third kappa shape index (κ3) is 3.53. The molecule has 0 amide bonds. The highest BCUT2D eigenvalue weighted by Gasteiger charge is 2.21. The van der Waals surface area contributed by atoms with Gasteiger partial charge < -0.3 is 10.4 Å². The predicted octanol–water partition coefficient (Wildman–Crippen LogP) is 3.17. The minimum Gasteiger partial charge on any atom is -0.393 e. The highest BCUT2D eigenvalue weighted by atomic mass is 19.1. The van der Waals surface area contributed by atoms with Gasteiger partial charge in [-0.25, -0.2) is 4.39 Å². The first-order valence-corrected chi connectivity index (χ1v) is 6.88. The van der Waals surface area contributed by atoms with E-state index in [0.717, 1.165) is 37.7 Å². The van der Waals surface area contributed by atoms with E-state index in [2.05, 4.69) is 12.2 Å². The van der Waals surface area contributed by atoms with Crippen LogP contribution in [0, 0.1) is 5.82 Å². The van der Waals surface area contributed by atoms with Gasteiger partial charge in [-0.1, -0.05) is 19.1 Å². The lowest BCUT2D eigenvalue weighted by molar-refractivity contribution is 0.114. The molecule has 1 aliphatic carbocycles. The first-order valence-electron chi connectivity index (χ1n) is 6.88. The summed E-state index contributed by atoms with van der Waals surface area (Å²) in [5.41, 5.74) is 1.14. The summed E-state index contributed by atoms with van der Waals surface area (Å²) >= 11 is 0. The van der Waals surface area contributed by atoms with E-state index in [9.17, 15) is 9.50 Å². The van der Waals surface area contributed by atoms with Gasteiger partial charge in [-0.2, -0.15) is 0 Å². The van der Waals surface area contributed by atoms with Crippen molar-refractivity contribution in [3.05, 3.63) is 35.6 Å². The summed E-state index contributed by atoms with van der Waals surface area (Å²) in [5, 5.41) is 13.1. The fraction of sp³-hybridized carbons (Fsp3) is 0.600. The SMILES string of the molecule is CCC(NC1CCC(O)CC1)c1ccc(F)cc1. The van der Waals surface area contributed by atoms with Gasteiger partial charge in [-0.15, -0.1) is 0 Å². The van der Waals surface area contributed by atoms with E-state index in [0.29, 0.717) is 6.04 Å². The molecule has 0 bridgehead atoms. The van der Waals surface area contributed by atoms with Gasteiger partial charge in [0.05, 0.1) is 6.10 Å². The van der Waals surface area contributed by atoms with Crippen molar-refractivity contribution in [1.29, 1.82) is 0 Å². The smallest absolute Gasteiger partial charge is 0.123 e. The molecule has 2 N–H and O–H groups in total. The van der Waals surface area contributed by atoms with Gasteiger partial charge >= 0.3 is 0 Å². The Morgan fingerprint density at radius 2 is 1.83 bits per heavy atom. The summed E-state index contributed by atoms with van der Waals surface area (Å²) in [6.07, 6.45) is 4.70. The number of benzene rings is 1. The first kappa shape index (κ1) is 13.5. The Balaban J connectivity index is 1.94. The Kier molecular flexibility index (Phi) is 4.72. The van der Waals surface area contributed by atoms with E-state index >= 15 is 0 Å². The van der Waals surface area contributed by atoms with E-state index in [4.69, 9.17) is 0 Å². The summed E-state index contributed by atoms with van der Waals surface area (Å²) in [4.78, 5) is 0. The largest absolute Gasteiger partial charge is 0.393 e. The maximum atomic E-state index is 12.9. The summed E-state index contributed by atoms with van der Waals surface area (Å²) in [6, 6.07) is 7.51. The van der Waals surface area contributed by atoms with Crippen molar-refractivity contribution in [1.82, 2.24) is 5.32 Å². The van der Waals surface area contributed by atoms with Crippen LogP contribution in [-0.2, 0) is 0 Å². The number of aliphatic hydroxyl groups excluding tert-OH is 1. The second-order valence-electron chi connectivity index (χ2n) is 5.18. The zero-order valence-electron chi connectivity index (χ0n) is 10.9. The van der Waals surface area contributed by atoms with Gasteiger partial charge in [0.15, 0.2) is 0 Å². The van der Waals surface area contributed by atoms with Crippen LogP contribution in [0.15, 0.2) is 24.3 Å². The van der Waals surface area contributed by atoms with E-state index in [1.54, 1.807) is 0 Å². The molecule has 0 spiro atoms. The number of hydrogen-bond acceptors (Lipinski definition) is 2. The minimum atomic E-state index is -0.186. The van der Waals surface area contributed by atoms with Crippen LogP contribution in [0.1, 0.15) is 50.6 Å². The molecule has 1 unspecified atom stereocenters. The average Bonchev–Trinajstić information content (AvgIpc) is 2.39. The molecule has 1 aromatic rings. The number of halogens is 1. The molecule has 0 aliphatic heterocycles. The van der Waals surface area contributed by atoms with Crippen molar-refractivity contribution >= 4 is 0 Å². The lowest BCUT2D eigenvalue weighted by atomic mass is 9.91. The van der Waals surface area contributed by atoms with Gasteiger partial charge in [0.25, 0.3) is 0 Å². The summed E-state index contributed by atoms with van der Waals surface area (Å²) in [5.74, 6) is -0.186. The summed E-state index contributed by atoms with van der Waals surface area (Å²) in [7, 11) is 0. The molecule has 0 heterocycles. The number of aliphatic hydroxyl groups is 1. The lowest BCUT2D eigenvalue weighted by Gasteiger charge is -2.30. The van der Waals surface area contributed by atoms with Gasteiger partial charge in [-0.05, 0) is 49.8 Å². The third-order valence-corrected chi connectivity index (χ3v) is 3.81.